The predicted molar refractivity (Wildman–Crippen MR) is 93.4 cm³/mol. The van der Waals surface area contributed by atoms with E-state index >= 15 is 0 Å². The molecule has 23 heavy (non-hydrogen) atoms. The highest BCUT2D eigenvalue weighted by molar-refractivity contribution is 5.31. The topological polar surface area (TPSA) is 30.9 Å². The van der Waals surface area contributed by atoms with Gasteiger partial charge in [0.05, 0.1) is 12.7 Å². The van der Waals surface area contributed by atoms with E-state index in [1.165, 1.54) is 0 Å². The molecule has 0 saturated carbocycles. The first-order valence-corrected chi connectivity index (χ1v) is 8.87. The maximum absolute atomic E-state index is 5.93. The first-order valence-electron chi connectivity index (χ1n) is 8.87. The van der Waals surface area contributed by atoms with Crippen LogP contribution >= 0.6 is 0 Å². The summed E-state index contributed by atoms with van der Waals surface area (Å²) in [6.07, 6.45) is 2.71. The lowest BCUT2D eigenvalue weighted by Gasteiger charge is -2.32. The SMILES string of the molecule is CCOc1ccc(OCCN2CCC(OCC(C)C)CC2)cc1. The van der Waals surface area contributed by atoms with Crippen molar-refractivity contribution in [1.29, 1.82) is 0 Å². The third kappa shape index (κ3) is 6.80. The second-order valence-corrected chi connectivity index (χ2v) is 6.52. The van der Waals surface area contributed by atoms with Gasteiger partial charge in [-0.25, -0.2) is 0 Å². The van der Waals surface area contributed by atoms with Crippen LogP contribution in [0.4, 0.5) is 0 Å². The molecule has 130 valence electrons. The van der Waals surface area contributed by atoms with E-state index in [9.17, 15) is 0 Å². The van der Waals surface area contributed by atoms with E-state index < -0.39 is 0 Å². The Morgan fingerprint density at radius 3 is 2.22 bits per heavy atom. The highest BCUT2D eigenvalue weighted by atomic mass is 16.5. The molecule has 1 aromatic carbocycles. The van der Waals surface area contributed by atoms with Gasteiger partial charge in [0.1, 0.15) is 18.1 Å². The number of benzene rings is 1. The molecule has 0 aliphatic carbocycles. The molecule has 1 aromatic rings. The predicted octanol–water partition coefficient (Wildman–Crippen LogP) is 3.60. The van der Waals surface area contributed by atoms with Crippen LogP contribution in [0.3, 0.4) is 0 Å². The molecule has 0 aromatic heterocycles. The van der Waals surface area contributed by atoms with Crippen LogP contribution < -0.4 is 9.47 Å². The van der Waals surface area contributed by atoms with Crippen LogP contribution in [0.2, 0.25) is 0 Å². The summed E-state index contributed by atoms with van der Waals surface area (Å²) in [5.74, 6) is 2.42. The van der Waals surface area contributed by atoms with Gasteiger partial charge >= 0.3 is 0 Å². The molecule has 1 fully saturated rings. The highest BCUT2D eigenvalue weighted by Gasteiger charge is 2.19. The van der Waals surface area contributed by atoms with Gasteiger partial charge in [-0.15, -0.1) is 0 Å². The standard InChI is InChI=1S/C19H31NO3/c1-4-21-17-5-7-18(8-6-17)22-14-13-20-11-9-19(10-12-20)23-15-16(2)3/h5-8,16,19H,4,9-15H2,1-3H3. The summed E-state index contributed by atoms with van der Waals surface area (Å²) in [6.45, 7) is 11.9. The van der Waals surface area contributed by atoms with Gasteiger partial charge in [-0.1, -0.05) is 13.8 Å². The van der Waals surface area contributed by atoms with E-state index in [1.807, 2.05) is 31.2 Å². The maximum Gasteiger partial charge on any atom is 0.119 e. The lowest BCUT2D eigenvalue weighted by Crippen LogP contribution is -2.39. The van der Waals surface area contributed by atoms with Gasteiger partial charge < -0.3 is 14.2 Å². The van der Waals surface area contributed by atoms with E-state index in [2.05, 4.69) is 18.7 Å². The molecule has 4 nitrogen and oxygen atoms in total. The van der Waals surface area contributed by atoms with E-state index in [1.54, 1.807) is 0 Å². The number of likely N-dealkylation sites (tertiary alicyclic amines) is 1. The normalized spacial score (nSPS) is 16.7. The molecule has 1 saturated heterocycles. The molecule has 1 aliphatic heterocycles. The minimum Gasteiger partial charge on any atom is -0.494 e. The lowest BCUT2D eigenvalue weighted by atomic mass is 10.1. The van der Waals surface area contributed by atoms with Crippen molar-refractivity contribution in [2.24, 2.45) is 5.92 Å². The minimum atomic E-state index is 0.445. The van der Waals surface area contributed by atoms with Crippen LogP contribution in [-0.4, -0.2) is 50.5 Å². The molecule has 0 spiro atoms. The molecular weight excluding hydrogens is 290 g/mol. The molecule has 1 heterocycles. The minimum absolute atomic E-state index is 0.445. The van der Waals surface area contributed by atoms with Gasteiger partial charge in [0.25, 0.3) is 0 Å². The number of nitrogens with zero attached hydrogens (tertiary/aromatic N) is 1. The fraction of sp³-hybridized carbons (Fsp3) is 0.684. The summed E-state index contributed by atoms with van der Waals surface area (Å²) < 4.78 is 17.2. The summed E-state index contributed by atoms with van der Waals surface area (Å²) in [5.41, 5.74) is 0. The molecule has 1 aliphatic rings. The van der Waals surface area contributed by atoms with Crippen LogP contribution in [0.25, 0.3) is 0 Å². The zero-order valence-electron chi connectivity index (χ0n) is 14.8. The summed E-state index contributed by atoms with van der Waals surface area (Å²) >= 11 is 0. The first kappa shape index (κ1) is 18.1. The molecule has 0 radical (unpaired) electrons. The Kier molecular flexibility index (Phi) is 7.69. The van der Waals surface area contributed by atoms with Crippen LogP contribution in [0.1, 0.15) is 33.6 Å². The smallest absolute Gasteiger partial charge is 0.119 e. The van der Waals surface area contributed by atoms with Gasteiger partial charge in [0.2, 0.25) is 0 Å². The van der Waals surface area contributed by atoms with Crippen LogP contribution in [0.5, 0.6) is 11.5 Å². The van der Waals surface area contributed by atoms with Crippen molar-refractivity contribution in [3.8, 4) is 11.5 Å². The van der Waals surface area contributed by atoms with Crippen LogP contribution in [0.15, 0.2) is 24.3 Å². The fourth-order valence-electron chi connectivity index (χ4n) is 2.72. The van der Waals surface area contributed by atoms with Gasteiger partial charge in [0.15, 0.2) is 0 Å². The molecular formula is C19H31NO3. The average molecular weight is 321 g/mol. The number of hydrogen-bond acceptors (Lipinski definition) is 4. The largest absolute Gasteiger partial charge is 0.494 e. The Bertz CT molecular complexity index is 425. The lowest BCUT2D eigenvalue weighted by molar-refractivity contribution is -0.00612. The number of piperidine rings is 1. The number of rotatable bonds is 9. The van der Waals surface area contributed by atoms with Crippen LogP contribution in [0, 0.1) is 5.92 Å². The Hall–Kier alpha value is -1.26. The summed E-state index contributed by atoms with van der Waals surface area (Å²) in [7, 11) is 0. The quantitative estimate of drug-likeness (QED) is 0.695. The monoisotopic (exact) mass is 321 g/mol. The van der Waals surface area contributed by atoms with Crippen molar-refractivity contribution in [2.75, 3.05) is 39.5 Å². The van der Waals surface area contributed by atoms with Gasteiger partial charge in [-0.05, 0) is 49.9 Å². The van der Waals surface area contributed by atoms with E-state index in [-0.39, 0.29) is 0 Å². The van der Waals surface area contributed by atoms with Crippen molar-refractivity contribution < 1.29 is 14.2 Å². The summed E-state index contributed by atoms with van der Waals surface area (Å²) in [4.78, 5) is 2.46. The first-order chi connectivity index (χ1) is 11.2. The van der Waals surface area contributed by atoms with Gasteiger partial charge in [0, 0.05) is 26.2 Å². The van der Waals surface area contributed by atoms with Crippen molar-refractivity contribution in [2.45, 2.75) is 39.7 Å². The maximum atomic E-state index is 5.93. The molecule has 0 unspecified atom stereocenters. The third-order valence-corrected chi connectivity index (χ3v) is 4.01. The Balaban J connectivity index is 1.60. The fourth-order valence-corrected chi connectivity index (χ4v) is 2.72. The third-order valence-electron chi connectivity index (χ3n) is 4.01. The molecule has 0 bridgehead atoms. The number of hydrogen-bond donors (Lipinski definition) is 0. The van der Waals surface area contributed by atoms with Gasteiger partial charge in [-0.3, -0.25) is 4.90 Å². The van der Waals surface area contributed by atoms with Crippen LogP contribution in [-0.2, 0) is 4.74 Å². The van der Waals surface area contributed by atoms with E-state index in [0.29, 0.717) is 18.6 Å². The molecule has 0 atom stereocenters. The zero-order chi connectivity index (χ0) is 16.5. The number of ether oxygens (including phenoxy) is 3. The van der Waals surface area contributed by atoms with Crippen molar-refractivity contribution >= 4 is 0 Å². The second-order valence-electron chi connectivity index (χ2n) is 6.52. The second kappa shape index (κ2) is 9.78. The van der Waals surface area contributed by atoms with Crippen molar-refractivity contribution in [3.63, 3.8) is 0 Å². The van der Waals surface area contributed by atoms with Crippen molar-refractivity contribution in [1.82, 2.24) is 4.90 Å². The average Bonchev–Trinajstić information content (AvgIpc) is 2.56. The van der Waals surface area contributed by atoms with E-state index in [4.69, 9.17) is 14.2 Å². The van der Waals surface area contributed by atoms with E-state index in [0.717, 1.165) is 57.2 Å². The molecule has 4 heteroatoms. The zero-order valence-corrected chi connectivity index (χ0v) is 14.8. The summed E-state index contributed by atoms with van der Waals surface area (Å²) in [6, 6.07) is 7.85. The summed E-state index contributed by atoms with van der Waals surface area (Å²) in [5, 5.41) is 0. The molecule has 0 amide bonds. The molecule has 0 N–H and O–H groups in total. The van der Waals surface area contributed by atoms with Gasteiger partial charge in [-0.2, -0.15) is 0 Å². The Labute approximate surface area is 140 Å². The Morgan fingerprint density at radius 2 is 1.65 bits per heavy atom. The highest BCUT2D eigenvalue weighted by Crippen LogP contribution is 2.18. The molecule has 2 rings (SSSR count). The Morgan fingerprint density at radius 1 is 1.04 bits per heavy atom. The van der Waals surface area contributed by atoms with Crippen molar-refractivity contribution in [3.05, 3.63) is 24.3 Å².